The number of hydrogen-bond acceptors (Lipinski definition) is 4. The fourth-order valence-electron chi connectivity index (χ4n) is 3.54. The van der Waals surface area contributed by atoms with Gasteiger partial charge in [0.1, 0.15) is 0 Å². The molecule has 1 aromatic heterocycles. The molecule has 4 nitrogen and oxygen atoms in total. The molecule has 0 fully saturated rings. The number of nitrogens with two attached hydrogens (primary N) is 1. The molecule has 7 heteroatoms. The minimum absolute atomic E-state index is 0.174. The van der Waals surface area contributed by atoms with Gasteiger partial charge in [-0.15, -0.1) is 11.3 Å². The fraction of sp³-hybridized carbons (Fsp3) is 0.250. The summed E-state index contributed by atoms with van der Waals surface area (Å²) < 4.78 is 24.4. The maximum atomic E-state index is 11.6. The van der Waals surface area contributed by atoms with Crippen molar-refractivity contribution < 1.29 is 8.42 Å². The number of rotatable bonds is 2. The van der Waals surface area contributed by atoms with Crippen LogP contribution in [0, 0.1) is 5.92 Å². The van der Waals surface area contributed by atoms with Crippen molar-refractivity contribution in [3.05, 3.63) is 56.7 Å². The summed E-state index contributed by atoms with van der Waals surface area (Å²) >= 11 is 5.36. The van der Waals surface area contributed by atoms with Crippen molar-refractivity contribution in [2.24, 2.45) is 11.1 Å². The van der Waals surface area contributed by atoms with E-state index in [1.165, 1.54) is 4.88 Å². The molecule has 2 heterocycles. The van der Waals surface area contributed by atoms with Gasteiger partial charge in [0.2, 0.25) is 10.0 Å². The molecular weight excluding hydrogens is 396 g/mol. The van der Waals surface area contributed by atoms with Gasteiger partial charge in [-0.2, -0.15) is 0 Å². The van der Waals surface area contributed by atoms with Crippen molar-refractivity contribution in [1.82, 2.24) is 0 Å². The molecule has 2 aliphatic rings. The number of primary sulfonamides is 1. The van der Waals surface area contributed by atoms with Gasteiger partial charge >= 0.3 is 0 Å². The summed E-state index contributed by atoms with van der Waals surface area (Å²) in [6.45, 7) is 0. The van der Waals surface area contributed by atoms with E-state index in [1.807, 2.05) is 6.07 Å². The van der Waals surface area contributed by atoms with Crippen LogP contribution in [0.2, 0.25) is 0 Å². The summed E-state index contributed by atoms with van der Waals surface area (Å²) in [5.41, 5.74) is 2.00. The lowest BCUT2D eigenvalue weighted by molar-refractivity contribution is 0.428. The Bertz CT molecular complexity index is 905. The number of sulfonamides is 1. The number of halogens is 1. The summed E-state index contributed by atoms with van der Waals surface area (Å²) in [5, 5.41) is 11.0. The molecule has 3 atom stereocenters. The zero-order chi connectivity index (χ0) is 16.2. The zero-order valence-corrected chi connectivity index (χ0v) is 15.3. The van der Waals surface area contributed by atoms with Crippen LogP contribution in [0.5, 0.6) is 0 Å². The highest BCUT2D eigenvalue weighted by molar-refractivity contribution is 9.10. The van der Waals surface area contributed by atoms with Gasteiger partial charge in [-0.05, 0) is 63.5 Å². The molecule has 0 bridgehead atoms. The van der Waals surface area contributed by atoms with Crippen molar-refractivity contribution in [3.8, 4) is 0 Å². The van der Waals surface area contributed by atoms with Gasteiger partial charge in [-0.1, -0.05) is 12.2 Å². The van der Waals surface area contributed by atoms with E-state index in [1.54, 1.807) is 23.5 Å². The van der Waals surface area contributed by atoms with Crippen LogP contribution in [0.1, 0.15) is 28.8 Å². The Hall–Kier alpha value is -1.15. The normalized spacial score (nSPS) is 25.7. The molecule has 23 heavy (non-hydrogen) atoms. The van der Waals surface area contributed by atoms with E-state index in [0.717, 1.165) is 22.1 Å². The van der Waals surface area contributed by atoms with Crippen molar-refractivity contribution in [1.29, 1.82) is 0 Å². The Kier molecular flexibility index (Phi) is 3.64. The van der Waals surface area contributed by atoms with Crippen LogP contribution in [0.25, 0.3) is 0 Å². The highest BCUT2D eigenvalue weighted by Crippen LogP contribution is 2.52. The van der Waals surface area contributed by atoms with Crippen molar-refractivity contribution in [2.75, 3.05) is 5.32 Å². The van der Waals surface area contributed by atoms with E-state index >= 15 is 0 Å². The van der Waals surface area contributed by atoms with Gasteiger partial charge in [0, 0.05) is 21.0 Å². The Morgan fingerprint density at radius 2 is 2.13 bits per heavy atom. The molecule has 3 N–H and O–H groups in total. The van der Waals surface area contributed by atoms with Crippen LogP contribution in [-0.4, -0.2) is 8.42 Å². The van der Waals surface area contributed by atoms with E-state index in [0.29, 0.717) is 5.92 Å². The highest BCUT2D eigenvalue weighted by atomic mass is 79.9. The van der Waals surface area contributed by atoms with Gasteiger partial charge in [0.05, 0.1) is 10.9 Å². The quantitative estimate of drug-likeness (QED) is 0.735. The van der Waals surface area contributed by atoms with E-state index in [2.05, 4.69) is 44.8 Å². The zero-order valence-electron chi connectivity index (χ0n) is 12.1. The lowest BCUT2D eigenvalue weighted by atomic mass is 9.79. The predicted molar refractivity (Wildman–Crippen MR) is 96.2 cm³/mol. The van der Waals surface area contributed by atoms with Crippen molar-refractivity contribution >= 4 is 43.0 Å². The van der Waals surface area contributed by atoms with Gasteiger partial charge in [0.25, 0.3) is 0 Å². The van der Waals surface area contributed by atoms with Gasteiger partial charge in [-0.25, -0.2) is 13.6 Å². The molecule has 0 saturated carbocycles. The molecule has 120 valence electrons. The Labute approximate surface area is 147 Å². The van der Waals surface area contributed by atoms with Crippen LogP contribution in [0.4, 0.5) is 5.69 Å². The number of allylic oxidation sites excluding steroid dienone is 2. The van der Waals surface area contributed by atoms with Crippen LogP contribution in [0.3, 0.4) is 0 Å². The molecule has 0 amide bonds. The molecule has 1 aromatic carbocycles. The third-order valence-corrected chi connectivity index (χ3v) is 7.45. The predicted octanol–water partition coefficient (Wildman–Crippen LogP) is 3.98. The number of anilines is 1. The average molecular weight is 411 g/mol. The molecule has 1 aliphatic heterocycles. The van der Waals surface area contributed by atoms with Crippen molar-refractivity contribution in [3.63, 3.8) is 0 Å². The second-order valence-electron chi connectivity index (χ2n) is 5.90. The number of fused-ring (bicyclic) bond motifs is 3. The Morgan fingerprint density at radius 1 is 1.30 bits per heavy atom. The second kappa shape index (κ2) is 5.44. The molecule has 0 unspecified atom stereocenters. The van der Waals surface area contributed by atoms with E-state index in [-0.39, 0.29) is 16.9 Å². The lowest BCUT2D eigenvalue weighted by Gasteiger charge is -2.37. The largest absolute Gasteiger partial charge is 0.377 e. The SMILES string of the molecule is NS(=O)(=O)c1ccc2c(c1)[C@H]1C=CC[C@H]1[C@@H](c1sccc1Br)N2. The first-order chi connectivity index (χ1) is 10.9. The average Bonchev–Trinajstić information content (AvgIpc) is 3.14. The molecule has 0 spiro atoms. The lowest BCUT2D eigenvalue weighted by Crippen LogP contribution is -2.29. The topological polar surface area (TPSA) is 72.2 Å². The van der Waals surface area contributed by atoms with Crippen LogP contribution < -0.4 is 10.5 Å². The fourth-order valence-corrected chi connectivity index (χ4v) is 5.83. The molecule has 0 radical (unpaired) electrons. The Morgan fingerprint density at radius 3 is 2.83 bits per heavy atom. The molecule has 1 aliphatic carbocycles. The van der Waals surface area contributed by atoms with E-state index < -0.39 is 10.0 Å². The van der Waals surface area contributed by atoms with E-state index in [9.17, 15) is 8.42 Å². The van der Waals surface area contributed by atoms with Crippen molar-refractivity contribution in [2.45, 2.75) is 23.3 Å². The number of thiophene rings is 1. The molecular formula is C16H15BrN2O2S2. The summed E-state index contributed by atoms with van der Waals surface area (Å²) in [6.07, 6.45) is 5.35. The highest BCUT2D eigenvalue weighted by Gasteiger charge is 2.39. The minimum Gasteiger partial charge on any atom is -0.377 e. The molecule has 4 rings (SSSR count). The maximum absolute atomic E-state index is 11.6. The minimum atomic E-state index is -3.69. The first-order valence-electron chi connectivity index (χ1n) is 7.28. The third-order valence-electron chi connectivity index (χ3n) is 4.59. The smallest absolute Gasteiger partial charge is 0.238 e. The number of nitrogens with one attached hydrogen (secondary N) is 1. The standard InChI is InChI=1S/C16H15BrN2O2S2/c17-13-6-7-22-16(13)15-11-3-1-2-10(11)12-8-9(23(18,20)21)4-5-14(12)19-15/h1-2,4-8,10-11,15,19H,3H2,(H2,18,20,21)/t10-,11+,15-/m0/s1. The maximum Gasteiger partial charge on any atom is 0.238 e. The van der Waals surface area contributed by atoms with E-state index in [4.69, 9.17) is 5.14 Å². The van der Waals surface area contributed by atoms with Gasteiger partial charge in [-0.3, -0.25) is 0 Å². The van der Waals surface area contributed by atoms with Gasteiger partial charge in [0.15, 0.2) is 0 Å². The summed E-state index contributed by atoms with van der Waals surface area (Å²) in [5.74, 6) is 0.597. The van der Waals surface area contributed by atoms with Gasteiger partial charge < -0.3 is 5.32 Å². The summed E-state index contributed by atoms with van der Waals surface area (Å²) in [6, 6.07) is 7.40. The molecule has 2 aromatic rings. The number of benzene rings is 1. The monoisotopic (exact) mass is 410 g/mol. The molecule has 0 saturated heterocycles. The first kappa shape index (κ1) is 15.4. The summed E-state index contributed by atoms with van der Waals surface area (Å²) in [4.78, 5) is 1.46. The second-order valence-corrected chi connectivity index (χ2v) is 9.27. The summed E-state index contributed by atoms with van der Waals surface area (Å²) in [7, 11) is -3.69. The Balaban J connectivity index is 1.82. The third kappa shape index (κ3) is 2.55. The van der Waals surface area contributed by atoms with Crippen LogP contribution in [-0.2, 0) is 10.0 Å². The van der Waals surface area contributed by atoms with Crippen LogP contribution in [0.15, 0.2) is 51.2 Å². The van der Waals surface area contributed by atoms with Crippen LogP contribution >= 0.6 is 27.3 Å². The number of hydrogen-bond donors (Lipinski definition) is 2. The first-order valence-corrected chi connectivity index (χ1v) is 10.5.